The van der Waals surface area contributed by atoms with Crippen molar-refractivity contribution in [2.75, 3.05) is 19.6 Å². The fourth-order valence-electron chi connectivity index (χ4n) is 5.28. The second-order valence-corrected chi connectivity index (χ2v) is 9.81. The Morgan fingerprint density at radius 2 is 2.03 bits per heavy atom. The molecule has 1 aromatic carbocycles. The van der Waals surface area contributed by atoms with E-state index in [9.17, 15) is 9.90 Å². The van der Waals surface area contributed by atoms with E-state index in [1.165, 1.54) is 0 Å². The average molecular weight is 474 g/mol. The van der Waals surface area contributed by atoms with Crippen molar-refractivity contribution in [1.82, 2.24) is 19.6 Å². The summed E-state index contributed by atoms with van der Waals surface area (Å²) in [6, 6.07) is 9.93. The van der Waals surface area contributed by atoms with Crippen LogP contribution in [-0.2, 0) is 11.3 Å². The van der Waals surface area contributed by atoms with Gasteiger partial charge in [-0.05, 0) is 62.3 Å². The third-order valence-corrected chi connectivity index (χ3v) is 7.31. The fraction of sp³-hybridized carbons (Fsp3) is 0.444. The highest BCUT2D eigenvalue weighted by molar-refractivity contribution is 5.78. The van der Waals surface area contributed by atoms with Gasteiger partial charge in [0.2, 0.25) is 5.91 Å². The number of amides is 1. The number of nitrogens with zero attached hydrogens (tertiary/aromatic N) is 4. The Hall–Kier alpha value is -3.41. The molecule has 1 aliphatic heterocycles. The number of piperidine rings is 1. The van der Waals surface area contributed by atoms with Crippen molar-refractivity contribution < 1.29 is 14.4 Å². The minimum atomic E-state index is -0.643. The molecule has 1 aliphatic carbocycles. The quantitative estimate of drug-likeness (QED) is 0.551. The Morgan fingerprint density at radius 3 is 2.71 bits per heavy atom. The molecule has 8 nitrogen and oxygen atoms in total. The maximum absolute atomic E-state index is 11.8. The van der Waals surface area contributed by atoms with Crippen LogP contribution in [-0.4, -0.2) is 50.3 Å². The Bertz CT molecular complexity index is 1230. The zero-order chi connectivity index (χ0) is 24.4. The Morgan fingerprint density at radius 1 is 1.29 bits per heavy atom. The zero-order valence-electron chi connectivity index (χ0n) is 20.0. The molecule has 0 bridgehead atoms. The lowest BCUT2D eigenvalue weighted by atomic mass is 9.58. The van der Waals surface area contributed by atoms with E-state index < -0.39 is 6.10 Å². The molecule has 182 valence electrons. The van der Waals surface area contributed by atoms with Crippen molar-refractivity contribution in [3.8, 4) is 23.2 Å². The lowest BCUT2D eigenvalue weighted by Crippen LogP contribution is -2.49. The van der Waals surface area contributed by atoms with Crippen molar-refractivity contribution in [2.24, 2.45) is 17.1 Å². The lowest BCUT2D eigenvalue weighted by Gasteiger charge is -2.50. The normalized spacial score (nSPS) is 18.1. The molecule has 1 atom stereocenters. The molecule has 1 amide bonds. The van der Waals surface area contributed by atoms with E-state index in [4.69, 9.17) is 10.3 Å². The summed E-state index contributed by atoms with van der Waals surface area (Å²) in [6.07, 6.45) is 7.21. The van der Waals surface area contributed by atoms with Gasteiger partial charge in [-0.25, -0.2) is 4.98 Å². The van der Waals surface area contributed by atoms with E-state index in [2.05, 4.69) is 22.0 Å². The Balaban J connectivity index is 1.15. The summed E-state index contributed by atoms with van der Waals surface area (Å²) in [6.45, 7) is 3.93. The third kappa shape index (κ3) is 5.02. The highest BCUT2D eigenvalue weighted by Gasteiger charge is 2.45. The second-order valence-electron chi connectivity index (χ2n) is 9.81. The zero-order valence-corrected chi connectivity index (χ0v) is 20.0. The maximum Gasteiger partial charge on any atom is 0.236 e. The summed E-state index contributed by atoms with van der Waals surface area (Å²) in [5.41, 5.74) is 8.54. The van der Waals surface area contributed by atoms with Crippen LogP contribution in [0.1, 0.15) is 55.8 Å². The number of imidazole rings is 1. The minimum absolute atomic E-state index is 0.0594. The van der Waals surface area contributed by atoms with E-state index in [0.29, 0.717) is 29.5 Å². The first-order valence-electron chi connectivity index (χ1n) is 12.2. The summed E-state index contributed by atoms with van der Waals surface area (Å²) in [4.78, 5) is 17.9. The molecule has 2 aromatic heterocycles. The topological polar surface area (TPSA) is 110 Å². The van der Waals surface area contributed by atoms with Crippen molar-refractivity contribution in [1.29, 1.82) is 0 Å². The second kappa shape index (κ2) is 9.68. The molecule has 35 heavy (non-hydrogen) atoms. The van der Waals surface area contributed by atoms with E-state index in [-0.39, 0.29) is 12.5 Å². The van der Waals surface area contributed by atoms with Crippen LogP contribution in [0, 0.1) is 23.2 Å². The smallest absolute Gasteiger partial charge is 0.236 e. The van der Waals surface area contributed by atoms with Gasteiger partial charge < -0.3 is 24.8 Å². The molecule has 3 aromatic rings. The molecule has 0 unspecified atom stereocenters. The number of nitrogens with two attached hydrogens (primary N) is 1. The molecule has 0 radical (unpaired) electrons. The van der Waals surface area contributed by atoms with E-state index in [1.54, 1.807) is 13.1 Å². The first kappa shape index (κ1) is 23.3. The van der Waals surface area contributed by atoms with Crippen molar-refractivity contribution in [2.45, 2.75) is 45.3 Å². The van der Waals surface area contributed by atoms with Crippen LogP contribution in [0.25, 0.3) is 11.3 Å². The predicted octanol–water partition coefficient (Wildman–Crippen LogP) is 2.97. The first-order valence-corrected chi connectivity index (χ1v) is 12.2. The number of rotatable bonds is 5. The van der Waals surface area contributed by atoms with E-state index in [1.807, 2.05) is 46.0 Å². The van der Waals surface area contributed by atoms with Gasteiger partial charge in [-0.1, -0.05) is 17.0 Å². The van der Waals surface area contributed by atoms with Crippen molar-refractivity contribution >= 4 is 5.91 Å². The van der Waals surface area contributed by atoms with Crippen LogP contribution in [0.3, 0.4) is 0 Å². The highest BCUT2D eigenvalue weighted by atomic mass is 16.5. The number of carbonyl (C=O) groups is 1. The van der Waals surface area contributed by atoms with Gasteiger partial charge >= 0.3 is 0 Å². The van der Waals surface area contributed by atoms with Gasteiger partial charge in [0.1, 0.15) is 17.6 Å². The van der Waals surface area contributed by atoms with Crippen LogP contribution >= 0.6 is 0 Å². The lowest BCUT2D eigenvalue weighted by molar-refractivity contribution is -0.133. The number of aromatic nitrogens is 3. The molecule has 1 spiro atoms. The molecule has 3 N–H and O–H groups in total. The third-order valence-electron chi connectivity index (χ3n) is 7.31. The number of likely N-dealkylation sites (tertiary alicyclic amines) is 1. The molecule has 2 fully saturated rings. The van der Waals surface area contributed by atoms with Crippen LogP contribution < -0.4 is 5.73 Å². The van der Waals surface area contributed by atoms with Crippen LogP contribution in [0.4, 0.5) is 0 Å². The largest absolute Gasteiger partial charge is 0.385 e. The monoisotopic (exact) mass is 473 g/mol. The summed E-state index contributed by atoms with van der Waals surface area (Å²) in [5, 5.41) is 14.0. The number of hydrogen-bond donors (Lipinski definition) is 2. The number of carbonyl (C=O) groups excluding carboxylic acids is 1. The van der Waals surface area contributed by atoms with Gasteiger partial charge in [0.05, 0.1) is 13.1 Å². The first-order chi connectivity index (χ1) is 16.9. The average Bonchev–Trinajstić information content (AvgIpc) is 3.52. The van der Waals surface area contributed by atoms with Gasteiger partial charge in [-0.15, -0.1) is 0 Å². The number of aliphatic hydroxyl groups is 1. The number of benzene rings is 1. The van der Waals surface area contributed by atoms with Gasteiger partial charge in [0.15, 0.2) is 5.76 Å². The summed E-state index contributed by atoms with van der Waals surface area (Å²) < 4.78 is 7.40. The van der Waals surface area contributed by atoms with Gasteiger partial charge in [0, 0.05) is 48.6 Å². The van der Waals surface area contributed by atoms with Crippen molar-refractivity contribution in [3.05, 3.63) is 59.8 Å². The molecule has 8 heteroatoms. The highest BCUT2D eigenvalue weighted by Crippen LogP contribution is 2.52. The molecule has 2 aliphatic rings. The number of hydrogen-bond acceptors (Lipinski definition) is 6. The molecule has 1 saturated carbocycles. The van der Waals surface area contributed by atoms with E-state index in [0.717, 1.165) is 55.6 Å². The summed E-state index contributed by atoms with van der Waals surface area (Å²) >= 11 is 0. The Kier molecular flexibility index (Phi) is 6.46. The van der Waals surface area contributed by atoms with Crippen LogP contribution in [0.15, 0.2) is 47.2 Å². The fourth-order valence-corrected chi connectivity index (χ4v) is 5.28. The van der Waals surface area contributed by atoms with Gasteiger partial charge in [-0.2, -0.15) is 0 Å². The minimum Gasteiger partial charge on any atom is -0.385 e. The molecular weight excluding hydrogens is 442 g/mol. The molecular formula is C27H31N5O3. The standard InChI is InChI=1S/C27H31N5O3/c1-19(33)26-29-10-13-32(26)18-23-14-24(35-30-23)22-6-4-20(5-7-22)2-3-21-15-27(16-21)8-11-31(12-9-27)25(34)17-28/h4-7,10,13-14,19,21,33H,8-9,11-12,15-18,28H2,1H3/t19-/m0/s1. The van der Waals surface area contributed by atoms with Crippen molar-refractivity contribution in [3.63, 3.8) is 0 Å². The van der Waals surface area contributed by atoms with Crippen LogP contribution in [0.2, 0.25) is 0 Å². The van der Waals surface area contributed by atoms with E-state index >= 15 is 0 Å². The van der Waals surface area contributed by atoms with Gasteiger partial charge in [0.25, 0.3) is 0 Å². The summed E-state index contributed by atoms with van der Waals surface area (Å²) in [5.74, 6) is 8.54. The maximum atomic E-state index is 11.8. The van der Waals surface area contributed by atoms with Crippen LogP contribution in [0.5, 0.6) is 0 Å². The van der Waals surface area contributed by atoms with Gasteiger partial charge in [-0.3, -0.25) is 4.79 Å². The predicted molar refractivity (Wildman–Crippen MR) is 131 cm³/mol. The molecule has 1 saturated heterocycles. The number of aliphatic hydroxyl groups excluding tert-OH is 1. The molecule has 5 rings (SSSR count). The summed E-state index contributed by atoms with van der Waals surface area (Å²) in [7, 11) is 0. The Labute approximate surface area is 205 Å². The molecule has 3 heterocycles. The SMILES string of the molecule is C[C@H](O)c1nccn1Cc1cc(-c2ccc(C#CC3CC4(CCN(C(=O)CN)CC4)C3)cc2)on1.